The van der Waals surface area contributed by atoms with Gasteiger partial charge in [-0.15, -0.1) is 11.8 Å². The highest BCUT2D eigenvalue weighted by Gasteiger charge is 2.13. The lowest BCUT2D eigenvalue weighted by molar-refractivity contribution is 0.198. The minimum absolute atomic E-state index is 0.209. The topological polar surface area (TPSA) is 29.5 Å². The predicted molar refractivity (Wildman–Crippen MR) is 87.5 cm³/mol. The van der Waals surface area contributed by atoms with Gasteiger partial charge in [0, 0.05) is 21.5 Å². The molecule has 1 unspecified atom stereocenters. The smallest absolute Gasteiger partial charge is 0.168 e. The number of hydrogen-bond donors (Lipinski definition) is 1. The van der Waals surface area contributed by atoms with E-state index in [2.05, 4.69) is 15.9 Å². The Balaban J connectivity index is 1.92. The predicted octanol–water partition coefficient (Wildman–Crippen LogP) is 4.29. The van der Waals surface area contributed by atoms with Crippen molar-refractivity contribution < 1.29 is 14.2 Å². The van der Waals surface area contributed by atoms with Crippen LogP contribution in [-0.4, -0.2) is 24.1 Å². The average molecular weight is 371 g/mol. The Morgan fingerprint density at radius 1 is 1.24 bits per heavy atom. The van der Waals surface area contributed by atoms with E-state index < -0.39 is 11.9 Å². The monoisotopic (exact) mass is 370 g/mol. The van der Waals surface area contributed by atoms with Gasteiger partial charge >= 0.3 is 0 Å². The minimum atomic E-state index is -0.611. The van der Waals surface area contributed by atoms with Gasteiger partial charge in [0.1, 0.15) is 0 Å². The van der Waals surface area contributed by atoms with Gasteiger partial charge in [-0.1, -0.05) is 28.1 Å². The number of methoxy groups -OCH3 is 1. The van der Waals surface area contributed by atoms with Crippen LogP contribution in [0.4, 0.5) is 4.39 Å². The van der Waals surface area contributed by atoms with E-state index in [9.17, 15) is 9.50 Å². The molecule has 21 heavy (non-hydrogen) atoms. The molecule has 2 aromatic carbocycles. The molecule has 0 bridgehead atoms. The summed E-state index contributed by atoms with van der Waals surface area (Å²) >= 11 is 4.93. The highest BCUT2D eigenvalue weighted by atomic mass is 79.9. The standard InChI is InChI=1S/C16H16BrFO2S/c1-20-15-4-2-3-11(16(15)18)9-13(19)10-21-14-7-5-12(17)6-8-14/h2-8,13,19H,9-10H2,1H3. The highest BCUT2D eigenvalue weighted by molar-refractivity contribution is 9.10. The van der Waals surface area contributed by atoms with E-state index >= 15 is 0 Å². The first kappa shape index (κ1) is 16.3. The van der Waals surface area contributed by atoms with E-state index in [1.807, 2.05) is 24.3 Å². The molecule has 0 aliphatic carbocycles. The maximum atomic E-state index is 14.0. The first-order valence-electron chi connectivity index (χ1n) is 6.48. The summed E-state index contributed by atoms with van der Waals surface area (Å²) in [7, 11) is 1.43. The molecule has 0 saturated carbocycles. The molecule has 1 N–H and O–H groups in total. The van der Waals surface area contributed by atoms with E-state index in [1.165, 1.54) is 7.11 Å². The normalized spacial score (nSPS) is 12.2. The molecular weight excluding hydrogens is 355 g/mol. The molecule has 0 spiro atoms. The number of ether oxygens (including phenoxy) is 1. The van der Waals surface area contributed by atoms with Gasteiger partial charge in [-0.05, 0) is 35.9 Å². The first-order valence-corrected chi connectivity index (χ1v) is 8.26. The Bertz CT molecular complexity index is 589. The molecule has 0 heterocycles. The van der Waals surface area contributed by atoms with Crippen LogP contribution >= 0.6 is 27.7 Å². The Labute approximate surface area is 136 Å². The van der Waals surface area contributed by atoms with Crippen molar-refractivity contribution in [2.75, 3.05) is 12.9 Å². The summed E-state index contributed by atoms with van der Waals surface area (Å²) in [5, 5.41) is 10.1. The van der Waals surface area contributed by atoms with E-state index in [0.29, 0.717) is 11.3 Å². The van der Waals surface area contributed by atoms with E-state index in [4.69, 9.17) is 4.74 Å². The maximum absolute atomic E-state index is 14.0. The Kier molecular flexibility index (Phi) is 6.08. The molecule has 2 aromatic rings. The molecule has 0 fully saturated rings. The second kappa shape index (κ2) is 7.82. The third kappa shape index (κ3) is 4.73. The average Bonchev–Trinajstić information content (AvgIpc) is 2.49. The van der Waals surface area contributed by atoms with Crippen LogP contribution in [0.25, 0.3) is 0 Å². The van der Waals surface area contributed by atoms with Crippen LogP contribution in [0.15, 0.2) is 51.8 Å². The Morgan fingerprint density at radius 2 is 1.95 bits per heavy atom. The quantitative estimate of drug-likeness (QED) is 0.769. The molecular formula is C16H16BrFO2S. The summed E-state index contributed by atoms with van der Waals surface area (Å²) in [4.78, 5) is 1.07. The number of aliphatic hydroxyl groups is 1. The lowest BCUT2D eigenvalue weighted by Crippen LogP contribution is -2.14. The van der Waals surface area contributed by atoms with Gasteiger partial charge in [-0.3, -0.25) is 0 Å². The zero-order chi connectivity index (χ0) is 15.2. The van der Waals surface area contributed by atoms with Crippen LogP contribution < -0.4 is 4.74 Å². The Morgan fingerprint density at radius 3 is 2.62 bits per heavy atom. The van der Waals surface area contributed by atoms with Crippen molar-refractivity contribution in [2.24, 2.45) is 0 Å². The van der Waals surface area contributed by atoms with Crippen molar-refractivity contribution in [2.45, 2.75) is 17.4 Å². The molecule has 0 aliphatic rings. The highest BCUT2D eigenvalue weighted by Crippen LogP contribution is 2.24. The Hall–Kier alpha value is -1.04. The molecule has 0 radical (unpaired) electrons. The fourth-order valence-corrected chi connectivity index (χ4v) is 3.00. The van der Waals surface area contributed by atoms with Crippen molar-refractivity contribution in [3.05, 3.63) is 58.3 Å². The van der Waals surface area contributed by atoms with Gasteiger partial charge < -0.3 is 9.84 Å². The van der Waals surface area contributed by atoms with Gasteiger partial charge in [0.2, 0.25) is 0 Å². The fraction of sp³-hybridized carbons (Fsp3) is 0.250. The van der Waals surface area contributed by atoms with Gasteiger partial charge in [-0.25, -0.2) is 4.39 Å². The number of thioether (sulfide) groups is 1. The van der Waals surface area contributed by atoms with E-state index in [1.54, 1.807) is 30.0 Å². The summed E-state index contributed by atoms with van der Waals surface area (Å²) in [5.74, 6) is 0.325. The van der Waals surface area contributed by atoms with Crippen LogP contribution in [0, 0.1) is 5.82 Å². The van der Waals surface area contributed by atoms with Crippen molar-refractivity contribution >= 4 is 27.7 Å². The summed E-state index contributed by atoms with van der Waals surface area (Å²) in [6, 6.07) is 12.8. The molecule has 0 amide bonds. The van der Waals surface area contributed by atoms with Gasteiger partial charge in [0.15, 0.2) is 11.6 Å². The largest absolute Gasteiger partial charge is 0.494 e. The molecule has 0 aliphatic heterocycles. The minimum Gasteiger partial charge on any atom is -0.494 e. The third-order valence-electron chi connectivity index (χ3n) is 2.97. The summed E-state index contributed by atoms with van der Waals surface area (Å²) in [6.07, 6.45) is -0.340. The van der Waals surface area contributed by atoms with Crippen molar-refractivity contribution in [1.29, 1.82) is 0 Å². The molecule has 5 heteroatoms. The molecule has 112 valence electrons. The van der Waals surface area contributed by atoms with Crippen LogP contribution in [0.2, 0.25) is 0 Å². The van der Waals surface area contributed by atoms with Crippen LogP contribution in [0.1, 0.15) is 5.56 Å². The van der Waals surface area contributed by atoms with Crippen LogP contribution in [0.5, 0.6) is 5.75 Å². The number of aliphatic hydroxyl groups excluding tert-OH is 1. The summed E-state index contributed by atoms with van der Waals surface area (Å²) in [5.41, 5.74) is 0.471. The number of benzene rings is 2. The van der Waals surface area contributed by atoms with Crippen molar-refractivity contribution in [3.63, 3.8) is 0 Å². The third-order valence-corrected chi connectivity index (χ3v) is 4.66. The first-order chi connectivity index (χ1) is 10.1. The lowest BCUT2D eigenvalue weighted by atomic mass is 10.1. The maximum Gasteiger partial charge on any atom is 0.168 e. The molecule has 2 rings (SSSR count). The zero-order valence-electron chi connectivity index (χ0n) is 11.6. The summed E-state index contributed by atoms with van der Waals surface area (Å²) in [6.45, 7) is 0. The second-order valence-electron chi connectivity index (χ2n) is 4.56. The zero-order valence-corrected chi connectivity index (χ0v) is 14.0. The molecule has 0 aromatic heterocycles. The van der Waals surface area contributed by atoms with Gasteiger partial charge in [0.25, 0.3) is 0 Å². The van der Waals surface area contributed by atoms with Gasteiger partial charge in [0.05, 0.1) is 13.2 Å². The SMILES string of the molecule is COc1cccc(CC(O)CSc2ccc(Br)cc2)c1F. The second-order valence-corrected chi connectivity index (χ2v) is 6.57. The van der Waals surface area contributed by atoms with Crippen molar-refractivity contribution in [3.8, 4) is 5.75 Å². The number of halogens is 2. The lowest BCUT2D eigenvalue weighted by Gasteiger charge is -2.12. The van der Waals surface area contributed by atoms with Crippen molar-refractivity contribution in [1.82, 2.24) is 0 Å². The van der Waals surface area contributed by atoms with Crippen LogP contribution in [-0.2, 0) is 6.42 Å². The number of rotatable bonds is 6. The van der Waals surface area contributed by atoms with Gasteiger partial charge in [-0.2, -0.15) is 0 Å². The van der Waals surface area contributed by atoms with E-state index in [0.717, 1.165) is 9.37 Å². The summed E-state index contributed by atoms with van der Waals surface area (Å²) < 4.78 is 20.0. The molecule has 0 saturated heterocycles. The molecule has 2 nitrogen and oxygen atoms in total. The fourth-order valence-electron chi connectivity index (χ4n) is 1.91. The van der Waals surface area contributed by atoms with E-state index in [-0.39, 0.29) is 12.2 Å². The molecule has 1 atom stereocenters. The van der Waals surface area contributed by atoms with Crippen LogP contribution in [0.3, 0.4) is 0 Å². The number of hydrogen-bond acceptors (Lipinski definition) is 3.